The standard InChI is InChI=1S/C8H13Ge.3C2H6N.Hf/c1-9(2,3)8-6-4-5-7-8;3*1-3-2;/h4,6H,5H2,1-3H3;3*1-2H3;/q;3*-1;+3. The monoisotopic (exact) mass is 495 g/mol. The molecule has 0 amide bonds. The molecule has 0 N–H and O–H groups in total. The molecule has 1 rings (SSSR count). The van der Waals surface area contributed by atoms with E-state index in [1.54, 1.807) is 7.74 Å². The Morgan fingerprint density at radius 3 is 1.63 bits per heavy atom. The third-order valence-electron chi connectivity index (χ3n) is 4.02. The van der Waals surface area contributed by atoms with E-state index in [2.05, 4.69) is 80.4 Å². The van der Waals surface area contributed by atoms with Crippen LogP contribution in [0.15, 0.2) is 19.9 Å². The van der Waals surface area contributed by atoms with Crippen molar-refractivity contribution in [3.05, 3.63) is 19.9 Å². The van der Waals surface area contributed by atoms with Gasteiger partial charge in [-0.1, -0.05) is 0 Å². The van der Waals surface area contributed by atoms with E-state index < -0.39 is 34.1 Å². The molecule has 0 aliphatic heterocycles. The first-order valence-electron chi connectivity index (χ1n) is 6.99. The van der Waals surface area contributed by atoms with Crippen LogP contribution in [-0.2, 0) is 20.8 Å². The summed E-state index contributed by atoms with van der Waals surface area (Å²) in [5.74, 6) is 7.56. The summed E-state index contributed by atoms with van der Waals surface area (Å²) >= 11 is -4.76. The van der Waals surface area contributed by atoms with E-state index >= 15 is 0 Å². The van der Waals surface area contributed by atoms with Gasteiger partial charge in [0.05, 0.1) is 0 Å². The van der Waals surface area contributed by atoms with Crippen molar-refractivity contribution in [2.24, 2.45) is 0 Å². The Balaban J connectivity index is 3.51. The summed E-state index contributed by atoms with van der Waals surface area (Å²) in [6, 6.07) is 0. The van der Waals surface area contributed by atoms with Crippen LogP contribution in [0.25, 0.3) is 0 Å². The summed E-state index contributed by atoms with van der Waals surface area (Å²) in [6.07, 6.45) is 6.01. The van der Waals surface area contributed by atoms with Crippen LogP contribution >= 0.6 is 0 Å². The van der Waals surface area contributed by atoms with E-state index in [0.717, 1.165) is 0 Å². The van der Waals surface area contributed by atoms with E-state index in [1.165, 1.54) is 6.42 Å². The predicted octanol–water partition coefficient (Wildman–Crippen LogP) is 2.66. The van der Waals surface area contributed by atoms with E-state index in [9.17, 15) is 0 Å². The molecule has 0 atom stereocenters. The molecule has 0 spiro atoms. The van der Waals surface area contributed by atoms with Gasteiger partial charge < -0.3 is 0 Å². The van der Waals surface area contributed by atoms with Gasteiger partial charge in [0, 0.05) is 0 Å². The SMILES string of the molecule is C[N](C)[Hf]([C]1=[C]([Ge]([CH3])([CH3])[CH3])C=CC1)([N](C)C)[N](C)C. The topological polar surface area (TPSA) is 9.72 Å². The molecular formula is C14H31GeHfN3. The van der Waals surface area contributed by atoms with E-state index in [4.69, 9.17) is 0 Å². The average Bonchev–Trinajstić information content (AvgIpc) is 2.64. The Hall–Kier alpha value is 0.773. The summed E-state index contributed by atoms with van der Waals surface area (Å²) in [7, 11) is 13.7. The molecule has 0 fully saturated rings. The number of allylic oxidation sites excluding steroid dienone is 4. The molecule has 0 aromatic heterocycles. The molecule has 19 heavy (non-hydrogen) atoms. The van der Waals surface area contributed by atoms with Gasteiger partial charge in [0.1, 0.15) is 0 Å². The molecule has 0 aromatic carbocycles. The summed E-state index contributed by atoms with van der Waals surface area (Å²) in [4.78, 5) is 0. The van der Waals surface area contributed by atoms with Gasteiger partial charge in [-0.15, -0.1) is 0 Å². The van der Waals surface area contributed by atoms with E-state index in [0.29, 0.717) is 0 Å². The number of rotatable bonds is 5. The first-order valence-corrected chi connectivity index (χ1v) is 20.9. The van der Waals surface area contributed by atoms with Gasteiger partial charge in [-0.3, -0.25) is 0 Å². The average molecular weight is 493 g/mol. The number of hydrogen-bond donors (Lipinski definition) is 0. The van der Waals surface area contributed by atoms with Gasteiger partial charge in [-0.25, -0.2) is 0 Å². The zero-order valence-corrected chi connectivity index (χ0v) is 19.9. The fraction of sp³-hybridized carbons (Fsp3) is 0.714. The molecule has 0 radical (unpaired) electrons. The summed E-state index contributed by atoms with van der Waals surface area (Å²) in [6.45, 7) is 0. The van der Waals surface area contributed by atoms with Crippen LogP contribution < -0.4 is 0 Å². The third-order valence-corrected chi connectivity index (χ3v) is 28.3. The van der Waals surface area contributed by atoms with Crippen molar-refractivity contribution in [1.29, 1.82) is 0 Å². The minimum absolute atomic E-state index is 1.17. The van der Waals surface area contributed by atoms with Gasteiger partial charge >= 0.3 is 129 Å². The maximum absolute atomic E-state index is 2.97. The van der Waals surface area contributed by atoms with E-state index in [1.807, 2.05) is 0 Å². The van der Waals surface area contributed by atoms with Crippen LogP contribution in [0, 0.1) is 0 Å². The fourth-order valence-electron chi connectivity index (χ4n) is 3.54. The van der Waals surface area contributed by atoms with Gasteiger partial charge in [0.15, 0.2) is 0 Å². The summed E-state index contributed by atoms with van der Waals surface area (Å²) < 4.78 is 11.2. The van der Waals surface area contributed by atoms with Crippen LogP contribution in [0.2, 0.25) is 17.3 Å². The van der Waals surface area contributed by atoms with Crippen LogP contribution in [0.1, 0.15) is 6.42 Å². The summed E-state index contributed by atoms with van der Waals surface area (Å²) in [5, 5.41) is 0. The van der Waals surface area contributed by atoms with Crippen molar-refractivity contribution >= 4 is 13.3 Å². The van der Waals surface area contributed by atoms with Crippen LogP contribution in [-0.4, -0.2) is 64.2 Å². The van der Waals surface area contributed by atoms with Gasteiger partial charge in [-0.05, 0) is 0 Å². The molecule has 0 heterocycles. The molecule has 1 aliphatic carbocycles. The van der Waals surface area contributed by atoms with Gasteiger partial charge in [0.2, 0.25) is 0 Å². The molecule has 3 nitrogen and oxygen atoms in total. The predicted molar refractivity (Wildman–Crippen MR) is 85.2 cm³/mol. The zero-order valence-electron chi connectivity index (χ0n) is 14.2. The molecular weight excluding hydrogens is 461 g/mol. The fourth-order valence-corrected chi connectivity index (χ4v) is 34.3. The molecule has 0 unspecified atom stereocenters. The van der Waals surface area contributed by atoms with Crippen LogP contribution in [0.4, 0.5) is 0 Å². The molecule has 5 heteroatoms. The molecule has 1 aliphatic rings. The van der Waals surface area contributed by atoms with Crippen LogP contribution in [0.5, 0.6) is 0 Å². The van der Waals surface area contributed by atoms with Crippen molar-refractivity contribution < 1.29 is 20.8 Å². The first kappa shape index (κ1) is 17.8. The summed E-state index contributed by atoms with van der Waals surface area (Å²) in [5.41, 5.74) is 0. The Labute approximate surface area is 128 Å². The Morgan fingerprint density at radius 1 is 0.895 bits per heavy atom. The number of nitrogens with zero attached hydrogens (tertiary/aromatic N) is 3. The Kier molecular flexibility index (Phi) is 5.87. The first-order chi connectivity index (χ1) is 8.56. The molecule has 110 valence electrons. The second kappa shape index (κ2) is 6.26. The quantitative estimate of drug-likeness (QED) is 0.547. The maximum atomic E-state index is 2.56. The van der Waals surface area contributed by atoms with Crippen molar-refractivity contribution in [2.45, 2.75) is 23.7 Å². The minimum atomic E-state index is -2.97. The van der Waals surface area contributed by atoms with Crippen molar-refractivity contribution in [1.82, 2.24) is 8.66 Å². The molecule has 0 bridgehead atoms. The number of hydrogen-bond acceptors (Lipinski definition) is 3. The Bertz CT molecular complexity index is 370. The molecule has 0 saturated carbocycles. The second-order valence-electron chi connectivity index (χ2n) is 7.07. The third kappa shape index (κ3) is 3.18. The van der Waals surface area contributed by atoms with Crippen molar-refractivity contribution in [3.63, 3.8) is 0 Å². The normalized spacial score (nSPS) is 17.5. The molecule has 0 saturated heterocycles. The van der Waals surface area contributed by atoms with E-state index in [-0.39, 0.29) is 0 Å². The van der Waals surface area contributed by atoms with Gasteiger partial charge in [0.25, 0.3) is 0 Å². The second-order valence-corrected chi connectivity index (χ2v) is 34.0. The zero-order chi connectivity index (χ0) is 15.0. The van der Waals surface area contributed by atoms with Crippen molar-refractivity contribution in [3.8, 4) is 0 Å². The molecule has 0 aromatic rings. The van der Waals surface area contributed by atoms with Crippen LogP contribution in [0.3, 0.4) is 0 Å². The Morgan fingerprint density at radius 2 is 1.32 bits per heavy atom. The van der Waals surface area contributed by atoms with Gasteiger partial charge in [-0.2, -0.15) is 0 Å². The van der Waals surface area contributed by atoms with Crippen molar-refractivity contribution in [2.75, 3.05) is 42.3 Å².